The van der Waals surface area contributed by atoms with Gasteiger partial charge in [0.1, 0.15) is 5.01 Å². The van der Waals surface area contributed by atoms with Crippen molar-refractivity contribution in [1.29, 1.82) is 0 Å². The third-order valence-corrected chi connectivity index (χ3v) is 7.65. The van der Waals surface area contributed by atoms with E-state index in [1.165, 1.54) is 16.7 Å². The molecule has 0 bridgehead atoms. The summed E-state index contributed by atoms with van der Waals surface area (Å²) in [6.07, 6.45) is 0.975. The van der Waals surface area contributed by atoms with Gasteiger partial charge in [0.25, 0.3) is 0 Å². The first-order valence-electron chi connectivity index (χ1n) is 9.96. The van der Waals surface area contributed by atoms with E-state index in [2.05, 4.69) is 83.3 Å². The van der Waals surface area contributed by atoms with Crippen molar-refractivity contribution in [1.82, 2.24) is 15.2 Å². The first kappa shape index (κ1) is 21.0. The average Bonchev–Trinajstić information content (AvgIpc) is 3.43. The van der Waals surface area contributed by atoms with Crippen molar-refractivity contribution >= 4 is 39.6 Å². The molecular weight excluding hydrogens is 428 g/mol. The minimum atomic E-state index is 0.548. The van der Waals surface area contributed by atoms with Crippen LogP contribution in [0, 0.1) is 0 Å². The largest absolute Gasteiger partial charge is 0.360 e. The molecule has 0 spiro atoms. The SMILES string of the molecule is CC(C)c1ccc(-c2nc(CSc3nnc(NCCc4ccccc4)s3)cs2)cc1. The molecule has 0 fully saturated rings. The molecule has 2 aromatic heterocycles. The van der Waals surface area contributed by atoms with Gasteiger partial charge in [0.2, 0.25) is 5.13 Å². The van der Waals surface area contributed by atoms with E-state index in [1.54, 1.807) is 34.4 Å². The standard InChI is InChI=1S/C23H24N4S3/c1-16(2)18-8-10-19(11-9-18)21-25-20(14-28-21)15-29-23-27-26-22(30-23)24-13-12-17-6-4-3-5-7-17/h3-11,14,16H,12-13,15H2,1-2H3,(H,24,26). The van der Waals surface area contributed by atoms with Crippen molar-refractivity contribution in [2.75, 3.05) is 11.9 Å². The number of hydrogen-bond donors (Lipinski definition) is 1. The summed E-state index contributed by atoms with van der Waals surface area (Å²) in [6.45, 7) is 5.28. The summed E-state index contributed by atoms with van der Waals surface area (Å²) >= 11 is 4.98. The van der Waals surface area contributed by atoms with Crippen molar-refractivity contribution in [2.24, 2.45) is 0 Å². The van der Waals surface area contributed by atoms with Gasteiger partial charge in [0.05, 0.1) is 5.69 Å². The minimum Gasteiger partial charge on any atom is -0.360 e. The van der Waals surface area contributed by atoms with Gasteiger partial charge in [0, 0.05) is 23.2 Å². The second-order valence-corrected chi connectivity index (χ2v) is 10.3. The maximum absolute atomic E-state index is 4.80. The summed E-state index contributed by atoms with van der Waals surface area (Å²) in [5.41, 5.74) is 4.95. The lowest BCUT2D eigenvalue weighted by Crippen LogP contribution is -2.04. The monoisotopic (exact) mass is 452 g/mol. The molecule has 154 valence electrons. The van der Waals surface area contributed by atoms with Gasteiger partial charge < -0.3 is 5.32 Å². The van der Waals surface area contributed by atoms with E-state index in [-0.39, 0.29) is 0 Å². The zero-order valence-electron chi connectivity index (χ0n) is 17.0. The summed E-state index contributed by atoms with van der Waals surface area (Å²) in [7, 11) is 0. The van der Waals surface area contributed by atoms with Crippen LogP contribution in [0.3, 0.4) is 0 Å². The number of thioether (sulfide) groups is 1. The molecular formula is C23H24N4S3. The molecule has 4 aromatic rings. The molecule has 4 nitrogen and oxygen atoms in total. The fourth-order valence-electron chi connectivity index (χ4n) is 2.95. The third kappa shape index (κ3) is 5.68. The zero-order valence-corrected chi connectivity index (χ0v) is 19.5. The number of thiazole rings is 1. The maximum Gasteiger partial charge on any atom is 0.206 e. The highest BCUT2D eigenvalue weighted by molar-refractivity contribution is 8.00. The van der Waals surface area contributed by atoms with Gasteiger partial charge in [-0.2, -0.15) is 0 Å². The van der Waals surface area contributed by atoms with E-state index in [9.17, 15) is 0 Å². The van der Waals surface area contributed by atoms with Crippen LogP contribution >= 0.6 is 34.4 Å². The average molecular weight is 453 g/mol. The Morgan fingerprint density at radius 1 is 1.00 bits per heavy atom. The van der Waals surface area contributed by atoms with Gasteiger partial charge in [-0.1, -0.05) is 91.5 Å². The zero-order chi connectivity index (χ0) is 20.8. The molecule has 0 atom stereocenters. The lowest BCUT2D eigenvalue weighted by atomic mass is 10.0. The van der Waals surface area contributed by atoms with Crippen LogP contribution in [-0.4, -0.2) is 21.7 Å². The fraction of sp³-hybridized carbons (Fsp3) is 0.261. The van der Waals surface area contributed by atoms with Crippen LogP contribution in [0.15, 0.2) is 64.3 Å². The summed E-state index contributed by atoms with van der Waals surface area (Å²) < 4.78 is 0.966. The number of rotatable bonds is 9. The third-order valence-electron chi connectivity index (χ3n) is 4.66. The summed E-state index contributed by atoms with van der Waals surface area (Å²) in [6, 6.07) is 19.2. The number of hydrogen-bond acceptors (Lipinski definition) is 7. The van der Waals surface area contributed by atoms with E-state index in [0.717, 1.165) is 38.9 Å². The molecule has 0 aliphatic rings. The van der Waals surface area contributed by atoms with Crippen LogP contribution in [0.1, 0.15) is 36.6 Å². The lowest BCUT2D eigenvalue weighted by molar-refractivity contribution is 0.867. The fourth-order valence-corrected chi connectivity index (χ4v) is 5.55. The molecule has 7 heteroatoms. The number of benzene rings is 2. The first-order chi connectivity index (χ1) is 14.7. The summed E-state index contributed by atoms with van der Waals surface area (Å²) in [4.78, 5) is 4.80. The Morgan fingerprint density at radius 2 is 1.80 bits per heavy atom. The van der Waals surface area contributed by atoms with Crippen molar-refractivity contribution < 1.29 is 0 Å². The second kappa shape index (κ2) is 10.2. The normalized spacial score (nSPS) is 11.2. The number of aromatic nitrogens is 3. The van der Waals surface area contributed by atoms with E-state index in [1.807, 2.05) is 6.07 Å². The quantitative estimate of drug-likeness (QED) is 0.285. The Kier molecular flexibility index (Phi) is 7.15. The van der Waals surface area contributed by atoms with Gasteiger partial charge >= 0.3 is 0 Å². The predicted molar refractivity (Wildman–Crippen MR) is 130 cm³/mol. The van der Waals surface area contributed by atoms with E-state index >= 15 is 0 Å². The van der Waals surface area contributed by atoms with Crippen molar-refractivity contribution in [2.45, 2.75) is 36.3 Å². The van der Waals surface area contributed by atoms with Crippen LogP contribution < -0.4 is 5.32 Å². The Morgan fingerprint density at radius 3 is 2.57 bits per heavy atom. The van der Waals surface area contributed by atoms with Crippen LogP contribution in [0.5, 0.6) is 0 Å². The molecule has 0 aliphatic carbocycles. The van der Waals surface area contributed by atoms with Gasteiger partial charge in [0.15, 0.2) is 4.34 Å². The van der Waals surface area contributed by atoms with Gasteiger partial charge in [-0.05, 0) is 23.5 Å². The number of nitrogens with one attached hydrogen (secondary N) is 1. The molecule has 0 saturated heterocycles. The Labute approximate surface area is 189 Å². The molecule has 0 saturated carbocycles. The molecule has 0 aliphatic heterocycles. The van der Waals surface area contributed by atoms with E-state index in [0.29, 0.717) is 5.92 Å². The van der Waals surface area contributed by atoms with Crippen LogP contribution in [0.25, 0.3) is 10.6 Å². The smallest absolute Gasteiger partial charge is 0.206 e. The number of anilines is 1. The topological polar surface area (TPSA) is 50.7 Å². The van der Waals surface area contributed by atoms with E-state index < -0.39 is 0 Å². The Bertz CT molecular complexity index is 1060. The molecule has 0 amide bonds. The molecule has 0 unspecified atom stereocenters. The van der Waals surface area contributed by atoms with Crippen molar-refractivity contribution in [3.05, 3.63) is 76.8 Å². The highest BCUT2D eigenvalue weighted by atomic mass is 32.2. The molecule has 4 rings (SSSR count). The van der Waals surface area contributed by atoms with E-state index in [4.69, 9.17) is 4.98 Å². The Hall–Kier alpha value is -2.22. The van der Waals surface area contributed by atoms with Crippen LogP contribution in [0.4, 0.5) is 5.13 Å². The van der Waals surface area contributed by atoms with Gasteiger partial charge in [-0.3, -0.25) is 0 Å². The maximum atomic E-state index is 4.80. The lowest BCUT2D eigenvalue weighted by Gasteiger charge is -2.05. The second-order valence-electron chi connectivity index (χ2n) is 7.24. The minimum absolute atomic E-state index is 0.548. The molecule has 30 heavy (non-hydrogen) atoms. The van der Waals surface area contributed by atoms with Gasteiger partial charge in [-0.25, -0.2) is 4.98 Å². The van der Waals surface area contributed by atoms with Gasteiger partial charge in [-0.15, -0.1) is 21.5 Å². The predicted octanol–water partition coefficient (Wildman–Crippen LogP) is 6.73. The van der Waals surface area contributed by atoms with Crippen LogP contribution in [-0.2, 0) is 12.2 Å². The van der Waals surface area contributed by atoms with Crippen molar-refractivity contribution in [3.63, 3.8) is 0 Å². The molecule has 0 radical (unpaired) electrons. The summed E-state index contributed by atoms with van der Waals surface area (Å²) in [5, 5.41) is 16.0. The first-order valence-corrected chi connectivity index (χ1v) is 12.6. The van der Waals surface area contributed by atoms with Crippen molar-refractivity contribution in [3.8, 4) is 10.6 Å². The molecule has 2 heterocycles. The number of nitrogens with zero attached hydrogens (tertiary/aromatic N) is 3. The highest BCUT2D eigenvalue weighted by Gasteiger charge is 2.09. The summed E-state index contributed by atoms with van der Waals surface area (Å²) in [5.74, 6) is 1.35. The highest BCUT2D eigenvalue weighted by Crippen LogP contribution is 2.31. The molecule has 2 aromatic carbocycles. The Balaban J connectivity index is 1.27. The molecule has 1 N–H and O–H groups in total. The van der Waals surface area contributed by atoms with Crippen LogP contribution in [0.2, 0.25) is 0 Å².